The Hall–Kier alpha value is -4.73. The molecule has 0 saturated carbocycles. The summed E-state index contributed by atoms with van der Waals surface area (Å²) in [6.07, 6.45) is 0. The summed E-state index contributed by atoms with van der Waals surface area (Å²) in [6, 6.07) is 47.2. The largest absolute Gasteiger partial charge is 0.634 e. The van der Waals surface area contributed by atoms with Crippen LogP contribution in [-0.4, -0.2) is 11.5 Å². The Balaban J connectivity index is 1.69. The van der Waals surface area contributed by atoms with Gasteiger partial charge in [-0.15, -0.1) is 0 Å². The molecule has 0 fully saturated rings. The minimum Gasteiger partial charge on any atom is -0.384 e. The summed E-state index contributed by atoms with van der Waals surface area (Å²) < 4.78 is 29.4. The molecule has 0 aliphatic heterocycles. The monoisotopic (exact) mass is 517 g/mol. The molecule has 0 aliphatic rings. The number of aliphatic imine (C=N–C) groups is 1. The van der Waals surface area contributed by atoms with Crippen LogP contribution in [0, 0.1) is 0 Å². The molecule has 5 nitrogen and oxygen atoms in total. The van der Waals surface area contributed by atoms with Crippen molar-refractivity contribution in [2.24, 2.45) is 4.99 Å². The molecule has 0 radical (unpaired) electrons. The summed E-state index contributed by atoms with van der Waals surface area (Å²) >= 11 is 0. The minimum atomic E-state index is -4.02. The topological polar surface area (TPSA) is 61.9 Å². The Morgan fingerprint density at radius 3 is 1.24 bits per heavy atom. The lowest BCUT2D eigenvalue weighted by Crippen LogP contribution is -2.69. The molecule has 0 spiro atoms. The van der Waals surface area contributed by atoms with Gasteiger partial charge in [-0.05, 0) is 41.4 Å². The lowest BCUT2D eigenvalue weighted by Gasteiger charge is -2.14. The molecule has 0 heterocycles. The average Bonchev–Trinajstić information content (AvgIpc) is 2.97. The van der Waals surface area contributed by atoms with Gasteiger partial charge in [-0.3, -0.25) is 0 Å². The molecule has 0 aromatic heterocycles. The Bertz CT molecular complexity index is 1470. The summed E-state index contributed by atoms with van der Waals surface area (Å²) in [5, 5.41) is 0. The van der Waals surface area contributed by atoms with Crippen molar-refractivity contribution < 1.29 is 18.4 Å². The quantitative estimate of drug-likeness (QED) is 0.149. The molecule has 0 atom stereocenters. The van der Waals surface area contributed by atoms with Gasteiger partial charge in [0.1, 0.15) is 11.5 Å². The van der Waals surface area contributed by atoms with E-state index < -0.39 is 7.75 Å². The molecule has 5 aromatic rings. The SMILES string of the molecule is O=P([NH+]=C(N=C(c1ccccc1)c1ccccc1)c1ccccc1)(Oc1ccccc1)Oc1ccccc1. The van der Waals surface area contributed by atoms with E-state index in [0.29, 0.717) is 23.0 Å². The zero-order valence-corrected chi connectivity index (χ0v) is 21.4. The molecule has 0 bridgehead atoms. The number of hydrogen-bond acceptors (Lipinski definition) is 3. The van der Waals surface area contributed by atoms with Gasteiger partial charge in [0, 0.05) is 11.1 Å². The summed E-state index contributed by atoms with van der Waals surface area (Å²) in [5.41, 5.74) is 3.27. The van der Waals surface area contributed by atoms with Crippen molar-refractivity contribution in [1.82, 2.24) is 0 Å². The zero-order valence-electron chi connectivity index (χ0n) is 20.6. The molecule has 1 N–H and O–H groups in total. The van der Waals surface area contributed by atoms with Crippen molar-refractivity contribution in [3.63, 3.8) is 0 Å². The van der Waals surface area contributed by atoms with E-state index in [-0.39, 0.29) is 0 Å². The maximum absolute atomic E-state index is 14.3. The zero-order chi connectivity index (χ0) is 26.0. The third kappa shape index (κ3) is 6.52. The number of para-hydroxylation sites is 2. The second kappa shape index (κ2) is 12.0. The van der Waals surface area contributed by atoms with Gasteiger partial charge in [0.05, 0.1) is 5.56 Å². The molecular weight excluding hydrogens is 491 g/mol. The second-order valence-electron chi connectivity index (χ2n) is 8.33. The molecule has 5 rings (SSSR count). The fraction of sp³-hybridized carbons (Fsp3) is 0. The Morgan fingerprint density at radius 2 is 0.842 bits per heavy atom. The first-order valence-electron chi connectivity index (χ1n) is 12.2. The molecular formula is C32H26N2O3P+. The second-order valence-corrected chi connectivity index (χ2v) is 9.91. The van der Waals surface area contributed by atoms with Crippen molar-refractivity contribution in [3.05, 3.63) is 168 Å². The van der Waals surface area contributed by atoms with Crippen LogP contribution in [0.3, 0.4) is 0 Å². The van der Waals surface area contributed by atoms with Gasteiger partial charge in [-0.25, -0.2) is 0 Å². The highest BCUT2D eigenvalue weighted by Crippen LogP contribution is 2.39. The van der Waals surface area contributed by atoms with Gasteiger partial charge in [-0.1, -0.05) is 115 Å². The van der Waals surface area contributed by atoms with Crippen molar-refractivity contribution in [3.8, 4) is 11.5 Å². The van der Waals surface area contributed by atoms with Crippen LogP contribution in [-0.2, 0) is 4.57 Å². The summed E-state index contributed by atoms with van der Waals surface area (Å²) in [6.45, 7) is 0. The van der Waals surface area contributed by atoms with Crippen LogP contribution in [0.1, 0.15) is 16.7 Å². The smallest absolute Gasteiger partial charge is 0.384 e. The van der Waals surface area contributed by atoms with Gasteiger partial charge in [0.2, 0.25) is 0 Å². The molecule has 0 unspecified atom stereocenters. The van der Waals surface area contributed by atoms with E-state index in [1.54, 1.807) is 24.3 Å². The molecule has 5 aromatic carbocycles. The highest BCUT2D eigenvalue weighted by atomic mass is 31.2. The summed E-state index contributed by atoms with van der Waals surface area (Å²) in [7, 11) is -4.02. The Morgan fingerprint density at radius 1 is 0.500 bits per heavy atom. The fourth-order valence-corrected chi connectivity index (χ4v) is 5.15. The number of amidine groups is 1. The standard InChI is InChI=1S/C32H25N2O3P/c35-38(36-29-22-12-4-13-23-29,37-30-24-14-5-15-25-30)34-32(28-20-10-3-11-21-28)33-31(26-16-6-1-7-17-26)27-18-8-2-9-19-27/h1-25H/p+1. The lowest BCUT2D eigenvalue weighted by molar-refractivity contribution is -0.304. The molecule has 0 amide bonds. The van der Waals surface area contributed by atoms with Crippen LogP contribution in [0.5, 0.6) is 11.5 Å². The number of hydrogen-bond donors (Lipinski definition) is 1. The third-order valence-corrected chi connectivity index (χ3v) is 6.93. The normalized spacial score (nSPS) is 11.4. The Kier molecular flexibility index (Phi) is 7.88. The van der Waals surface area contributed by atoms with E-state index in [0.717, 1.165) is 16.7 Å². The maximum atomic E-state index is 14.3. The lowest BCUT2D eigenvalue weighted by atomic mass is 10.0. The van der Waals surface area contributed by atoms with E-state index in [4.69, 9.17) is 14.0 Å². The number of nitrogens with zero attached hydrogens (tertiary/aromatic N) is 1. The van der Waals surface area contributed by atoms with Crippen LogP contribution in [0.25, 0.3) is 0 Å². The Labute approximate surface area is 222 Å². The van der Waals surface area contributed by atoms with Crippen LogP contribution in [0.2, 0.25) is 0 Å². The van der Waals surface area contributed by atoms with Gasteiger partial charge in [0.25, 0.3) is 0 Å². The molecule has 0 aliphatic carbocycles. The number of rotatable bonds is 8. The van der Waals surface area contributed by atoms with Gasteiger partial charge < -0.3 is 9.05 Å². The average molecular weight is 518 g/mol. The molecule has 38 heavy (non-hydrogen) atoms. The number of benzene rings is 5. The van der Waals surface area contributed by atoms with E-state index in [1.165, 1.54) is 0 Å². The van der Waals surface area contributed by atoms with E-state index in [1.807, 2.05) is 127 Å². The predicted molar refractivity (Wildman–Crippen MR) is 152 cm³/mol. The molecule has 6 heteroatoms. The fourth-order valence-electron chi connectivity index (χ4n) is 3.78. The predicted octanol–water partition coefficient (Wildman–Crippen LogP) is 6.32. The van der Waals surface area contributed by atoms with E-state index in [2.05, 4.69) is 4.76 Å². The highest BCUT2D eigenvalue weighted by molar-refractivity contribution is 7.47. The van der Waals surface area contributed by atoms with Gasteiger partial charge in [0.15, 0.2) is 5.71 Å². The molecule has 186 valence electrons. The van der Waals surface area contributed by atoms with Crippen LogP contribution >= 0.6 is 7.75 Å². The first kappa shape index (κ1) is 24.9. The summed E-state index contributed by atoms with van der Waals surface area (Å²) in [4.78, 5) is 5.05. The van der Waals surface area contributed by atoms with Crippen LogP contribution in [0.4, 0.5) is 0 Å². The maximum Gasteiger partial charge on any atom is 0.634 e. The van der Waals surface area contributed by atoms with Crippen molar-refractivity contribution in [1.29, 1.82) is 0 Å². The van der Waals surface area contributed by atoms with Crippen LogP contribution in [0.15, 0.2) is 157 Å². The number of nitrogens with one attached hydrogen (secondary N) is 1. The van der Waals surface area contributed by atoms with Crippen LogP contribution < -0.4 is 13.8 Å². The van der Waals surface area contributed by atoms with Crippen molar-refractivity contribution in [2.75, 3.05) is 0 Å². The first-order chi connectivity index (χ1) is 18.7. The van der Waals surface area contributed by atoms with Gasteiger partial charge in [-0.2, -0.15) is 9.33 Å². The van der Waals surface area contributed by atoms with Crippen molar-refractivity contribution >= 4 is 19.3 Å². The van der Waals surface area contributed by atoms with E-state index in [9.17, 15) is 4.57 Å². The molecule has 0 saturated heterocycles. The first-order valence-corrected chi connectivity index (χ1v) is 13.7. The highest BCUT2D eigenvalue weighted by Gasteiger charge is 2.35. The third-order valence-electron chi connectivity index (χ3n) is 5.55. The van der Waals surface area contributed by atoms with E-state index >= 15 is 0 Å². The summed E-state index contributed by atoms with van der Waals surface area (Å²) in [5.74, 6) is 1.16. The minimum absolute atomic E-state index is 0.350. The van der Waals surface area contributed by atoms with Gasteiger partial charge >= 0.3 is 13.6 Å². The van der Waals surface area contributed by atoms with Crippen molar-refractivity contribution in [2.45, 2.75) is 0 Å².